The molecule has 3 radical (unpaired) electrons. The van der Waals surface area contributed by atoms with E-state index in [0.29, 0.717) is 54.1 Å². The molecule has 605 valence electrons. The van der Waals surface area contributed by atoms with E-state index < -0.39 is 13.0 Å². The molecule has 4 aromatic carbocycles. The number of aromatic hydroxyl groups is 1. The van der Waals surface area contributed by atoms with Crippen LogP contribution in [0, 0.1) is 36.7 Å². The molecule has 3 aliphatic rings. The Bertz CT molecular complexity index is 5040. The van der Waals surface area contributed by atoms with E-state index in [0.717, 1.165) is 168 Å². The van der Waals surface area contributed by atoms with Crippen LogP contribution in [0.4, 0.5) is 4.39 Å². The number of alkyl halides is 1. The van der Waals surface area contributed by atoms with Gasteiger partial charge in [-0.3, -0.25) is 35.0 Å². The molecular formula is C97H96FIr2N11O5Re-4. The fraction of sp³-hybridized carbons (Fsp3) is 0.258. The van der Waals surface area contributed by atoms with E-state index in [2.05, 4.69) is 99.7 Å². The van der Waals surface area contributed by atoms with Crippen molar-refractivity contribution in [2.75, 3.05) is 13.2 Å². The van der Waals surface area contributed by atoms with Gasteiger partial charge in [0, 0.05) is 115 Å². The molecule has 1 atom stereocenters. The Hall–Kier alpha value is -10.7. The summed E-state index contributed by atoms with van der Waals surface area (Å²) in [4.78, 5) is 41.8. The molecule has 10 aromatic heterocycles. The zero-order valence-electron chi connectivity index (χ0n) is 66.1. The number of phenols is 1. The van der Waals surface area contributed by atoms with E-state index in [-0.39, 0.29) is 66.0 Å². The van der Waals surface area contributed by atoms with Crippen LogP contribution in [0.3, 0.4) is 0 Å². The molecule has 8 bridgehead atoms. The predicted molar refractivity (Wildman–Crippen MR) is 447 cm³/mol. The number of hydrogen-bond acceptors (Lipinski definition) is 15. The molecule has 0 aliphatic carbocycles. The predicted octanol–water partition coefficient (Wildman–Crippen LogP) is 22.2. The number of para-hydroxylation sites is 1. The number of aryl methyl sites for hydroxylation is 2. The number of ether oxygens (including phenoxy) is 4. The van der Waals surface area contributed by atoms with E-state index >= 15 is 0 Å². The van der Waals surface area contributed by atoms with E-state index in [1.807, 2.05) is 171 Å². The van der Waals surface area contributed by atoms with Crippen LogP contribution in [-0.2, 0) is 86.6 Å². The van der Waals surface area contributed by atoms with Crippen molar-refractivity contribution in [3.05, 3.63) is 327 Å². The molecule has 17 rings (SSSR count). The number of halogens is 1. The van der Waals surface area contributed by atoms with Crippen LogP contribution in [-0.4, -0.2) is 79.2 Å². The van der Waals surface area contributed by atoms with Crippen LogP contribution in [0.15, 0.2) is 274 Å². The third-order valence-electron chi connectivity index (χ3n) is 19.1. The van der Waals surface area contributed by atoms with Gasteiger partial charge >= 0.3 is 0 Å². The molecule has 0 fully saturated rings. The normalized spacial score (nSPS) is 12.6. The minimum atomic E-state index is -0.601. The van der Waals surface area contributed by atoms with Crippen LogP contribution in [0.1, 0.15) is 132 Å². The molecule has 1 unspecified atom stereocenters. The Kier molecular flexibility index (Phi) is 37.6. The van der Waals surface area contributed by atoms with Crippen LogP contribution in [0.2, 0.25) is 0 Å². The first-order valence-corrected chi connectivity index (χ1v) is 39.5. The van der Waals surface area contributed by atoms with Crippen molar-refractivity contribution < 1.29 is 89.1 Å². The van der Waals surface area contributed by atoms with Gasteiger partial charge in [0.05, 0.1) is 71.4 Å². The van der Waals surface area contributed by atoms with Gasteiger partial charge in [-0.1, -0.05) is 180 Å². The summed E-state index contributed by atoms with van der Waals surface area (Å²) < 4.78 is 39.8. The third-order valence-corrected chi connectivity index (χ3v) is 19.1. The van der Waals surface area contributed by atoms with E-state index in [9.17, 15) is 4.39 Å². The summed E-state index contributed by atoms with van der Waals surface area (Å²) in [6.07, 6.45) is 33.0. The quantitative estimate of drug-likeness (QED) is 0.0559. The number of benzene rings is 4. The van der Waals surface area contributed by atoms with Crippen molar-refractivity contribution >= 4 is 0 Å². The average molecular weight is 2090 g/mol. The van der Waals surface area contributed by atoms with Crippen LogP contribution < -0.4 is 18.9 Å². The van der Waals surface area contributed by atoms with Gasteiger partial charge in [0.25, 0.3) is 0 Å². The first-order valence-electron chi connectivity index (χ1n) is 39.5. The van der Waals surface area contributed by atoms with Gasteiger partial charge in [-0.05, 0) is 170 Å². The summed E-state index contributed by atoms with van der Waals surface area (Å²) >= 11 is 0. The first-order chi connectivity index (χ1) is 56.1. The molecule has 117 heavy (non-hydrogen) atoms. The second kappa shape index (κ2) is 48.8. The van der Waals surface area contributed by atoms with E-state index in [4.69, 9.17) is 49.0 Å². The van der Waals surface area contributed by atoms with Crippen LogP contribution in [0.5, 0.6) is 28.7 Å². The topological polar surface area (TPSA) is 191 Å². The minimum absolute atomic E-state index is 0. The fourth-order valence-electron chi connectivity index (χ4n) is 13.2. The molecule has 0 spiro atoms. The molecule has 20 heteroatoms. The van der Waals surface area contributed by atoms with Crippen molar-refractivity contribution in [1.82, 2.24) is 54.6 Å². The molecule has 13 heterocycles. The molecule has 0 saturated heterocycles. The van der Waals surface area contributed by atoms with Gasteiger partial charge in [-0.2, -0.15) is 0 Å². The van der Waals surface area contributed by atoms with Crippen molar-refractivity contribution in [2.45, 2.75) is 143 Å². The Morgan fingerprint density at radius 2 is 1.03 bits per heavy atom. The van der Waals surface area contributed by atoms with E-state index in [1.54, 1.807) is 73.3 Å². The Balaban J connectivity index is 0.000000217. The molecule has 3 aliphatic heterocycles. The van der Waals surface area contributed by atoms with Gasteiger partial charge < -0.3 is 38.7 Å². The molecule has 14 aromatic rings. The summed E-state index contributed by atoms with van der Waals surface area (Å²) in [6, 6.07) is 83.9. The van der Waals surface area contributed by atoms with Crippen LogP contribution >= 0.6 is 0 Å². The number of fused-ring (bicyclic) bond motifs is 2. The Morgan fingerprint density at radius 1 is 0.487 bits per heavy atom. The summed E-state index contributed by atoms with van der Waals surface area (Å²) in [5, 5.41) is 12.8. The summed E-state index contributed by atoms with van der Waals surface area (Å²) in [6.45, 7) is 7.15. The van der Waals surface area contributed by atoms with Gasteiger partial charge in [0.2, 0.25) is 6.29 Å². The molecule has 0 amide bonds. The minimum Gasteiger partial charge on any atom is -0.528 e. The number of nitrogens with zero attached hydrogens (tertiary/aromatic N) is 11. The third kappa shape index (κ3) is 28.9. The zero-order valence-corrected chi connectivity index (χ0v) is 73.6. The smallest absolute Gasteiger partial charge is 0.233 e. The summed E-state index contributed by atoms with van der Waals surface area (Å²) in [7, 11) is 0. The zero-order chi connectivity index (χ0) is 78.6. The van der Waals surface area contributed by atoms with Crippen molar-refractivity contribution in [3.8, 4) is 102 Å². The number of unbranched alkanes of at least 4 members (excludes halogenated alkanes) is 4. The van der Waals surface area contributed by atoms with Gasteiger partial charge in [-0.25, -0.2) is 9.37 Å². The van der Waals surface area contributed by atoms with E-state index in [1.165, 1.54) is 35.1 Å². The molecule has 0 saturated carbocycles. The second-order valence-corrected chi connectivity index (χ2v) is 28.3. The monoisotopic (exact) mass is 2090 g/mol. The van der Waals surface area contributed by atoms with Gasteiger partial charge in [-0.15, -0.1) is 83.9 Å². The second-order valence-electron chi connectivity index (χ2n) is 28.3. The van der Waals surface area contributed by atoms with Crippen molar-refractivity contribution in [2.24, 2.45) is 5.41 Å². The van der Waals surface area contributed by atoms with Crippen molar-refractivity contribution in [3.63, 3.8) is 0 Å². The maximum absolute atomic E-state index is 12.3. The molecule has 1 N–H and O–H groups in total. The number of hydrogen-bond donors (Lipinski definition) is 1. The first kappa shape index (κ1) is 90.2. The van der Waals surface area contributed by atoms with Gasteiger partial charge in [0.1, 0.15) is 23.9 Å². The molecular weight excluding hydrogens is 1990 g/mol. The number of aromatic nitrogens is 11. The molecule has 16 nitrogen and oxygen atoms in total. The van der Waals surface area contributed by atoms with Crippen LogP contribution in [0.25, 0.3) is 73.6 Å². The number of phenolic OH excluding ortho intramolecular Hbond substituents is 1. The average Bonchev–Trinajstić information content (AvgIpc) is 1.44. The maximum atomic E-state index is 12.3. The Labute approximate surface area is 728 Å². The SMILES string of the molecule is CC(CCCc1ccccn1)(Cc1ccc(-c2[c-]cccc2)nc1)Cc1ccc(-c2[c-]cccc2)nc1.CCCCCCCC1Oc2ccc(nc2)-c2cccc(n2)-c2ccc(cn2)OCCCCCCCCOc2cc(c(-c3ccccn3)[c-]c2-c2ccccn2)O1.Cc1c[c-]n(-c2cccc(CF)n2)n1.Oc1ccccc1.[Ir].[Ir].[Re]. The summed E-state index contributed by atoms with van der Waals surface area (Å²) in [5.41, 5.74) is 15.0. The maximum Gasteiger partial charge on any atom is 0.233 e. The van der Waals surface area contributed by atoms with Crippen molar-refractivity contribution in [1.29, 1.82) is 0 Å². The number of pyridine rings is 9. The number of rotatable bonds is 20. The van der Waals surface area contributed by atoms with Gasteiger partial charge in [0.15, 0.2) is 0 Å². The Morgan fingerprint density at radius 3 is 1.56 bits per heavy atom. The fourth-order valence-corrected chi connectivity index (χ4v) is 13.2. The standard InChI is InChI=1S/C47H50N5O4.C34H31N3.C10H9FN3.C6H6O.2Ir.Re/c1-2-3-4-7-10-22-47-55-36-24-26-42(51-34-36)44-21-17-20-43(52-44)41-25-23-35(33-50-41)53-29-15-8-5-6-9-16-30-54-45-32-46(56-47)38(40-19-12-14-28-49-40)31-37(45)39-18-11-13-27-48-39;1-34(21-10-16-31-15-8-9-22-35-31,23-27-17-19-32(36-25-27)29-11-4-2-5-12-29)24-28-18-20-33(37-26-28)30-13-6-3-7-14-30;1-8-5-6-14(13-8)10-4-2-3-9(7-11)12-10;7-6-4-2-1-3-5-6;;;/h11-14,17-21,23-28,32-34,47H,2-10,15-16,22,29-30H2,1H3;2-9,11,13,15,17-20,22,25-26H,10,16,21,23-24H2,1H3;2-5H,7H2,1H3;1-5,7H;;;/q-1;-2;-1;;;;. The largest absolute Gasteiger partial charge is 0.528 e. The summed E-state index contributed by atoms with van der Waals surface area (Å²) in [5.74, 6) is 3.53.